The number of aromatic amines is 1. The second kappa shape index (κ2) is 17.1. The molecule has 0 aliphatic carbocycles. The lowest BCUT2D eigenvalue weighted by Crippen LogP contribution is -2.52. The normalized spacial score (nSPS) is 21.1. The number of benzene rings is 1. The van der Waals surface area contributed by atoms with E-state index in [1.807, 2.05) is 55.7 Å². The minimum absolute atomic E-state index is 0.0449. The zero-order chi connectivity index (χ0) is 41.3. The van der Waals surface area contributed by atoms with Crippen LogP contribution in [0.1, 0.15) is 83.0 Å². The zero-order valence-electron chi connectivity index (χ0n) is 34.3. The highest BCUT2D eigenvalue weighted by Crippen LogP contribution is 2.32. The number of carbonyl (C=O) groups excluding carboxylic acids is 4. The Kier molecular flexibility index (Phi) is 11.4. The van der Waals surface area contributed by atoms with E-state index in [4.69, 9.17) is 0 Å². The Labute approximate surface area is 349 Å². The van der Waals surface area contributed by atoms with Gasteiger partial charge in [0.05, 0.1) is 22.9 Å². The van der Waals surface area contributed by atoms with Gasteiger partial charge < -0.3 is 29.9 Å². The molecule has 5 aliphatic rings. The second-order valence-corrected chi connectivity index (χ2v) is 17.1. The number of imide groups is 1. The summed E-state index contributed by atoms with van der Waals surface area (Å²) in [6, 6.07) is 13.3. The summed E-state index contributed by atoms with van der Waals surface area (Å²) in [7, 11) is 0. The van der Waals surface area contributed by atoms with Gasteiger partial charge in [-0.1, -0.05) is 6.92 Å². The second-order valence-electron chi connectivity index (χ2n) is 17.1. The van der Waals surface area contributed by atoms with Crippen molar-refractivity contribution in [3.8, 4) is 0 Å². The van der Waals surface area contributed by atoms with Gasteiger partial charge in [0.25, 0.3) is 17.4 Å². The summed E-state index contributed by atoms with van der Waals surface area (Å²) in [4.78, 5) is 86.1. The summed E-state index contributed by atoms with van der Waals surface area (Å²) in [6.07, 6.45) is 9.05. The number of fused-ring (bicyclic) bond motifs is 2. The number of anilines is 2. The van der Waals surface area contributed by atoms with Crippen LogP contribution in [0.5, 0.6) is 0 Å². The lowest BCUT2D eigenvalue weighted by atomic mass is 9.94. The van der Waals surface area contributed by atoms with Gasteiger partial charge in [-0.25, -0.2) is 4.98 Å². The summed E-state index contributed by atoms with van der Waals surface area (Å²) in [6.45, 7) is 11.5. The van der Waals surface area contributed by atoms with Crippen molar-refractivity contribution >= 4 is 46.0 Å². The molecule has 1 unspecified atom stereocenters. The maximum atomic E-state index is 13.2. The number of pyridine rings is 3. The number of H-pyrrole nitrogens is 1. The van der Waals surface area contributed by atoms with Gasteiger partial charge in [-0.15, -0.1) is 0 Å². The number of carbonyl (C=O) groups is 4. The quantitative estimate of drug-likeness (QED) is 0.202. The molecule has 0 radical (unpaired) electrons. The van der Waals surface area contributed by atoms with Crippen molar-refractivity contribution in [2.24, 2.45) is 5.92 Å². The summed E-state index contributed by atoms with van der Waals surface area (Å²) < 4.78 is 0. The van der Waals surface area contributed by atoms with Gasteiger partial charge in [0.15, 0.2) is 0 Å². The van der Waals surface area contributed by atoms with E-state index in [1.165, 1.54) is 0 Å². The van der Waals surface area contributed by atoms with Crippen molar-refractivity contribution in [3.63, 3.8) is 0 Å². The highest BCUT2D eigenvalue weighted by Gasteiger charge is 2.39. The third-order valence-electron chi connectivity index (χ3n) is 13.3. The molecule has 0 spiro atoms. The smallest absolute Gasteiger partial charge is 0.270 e. The summed E-state index contributed by atoms with van der Waals surface area (Å²) >= 11 is 0. The maximum Gasteiger partial charge on any atom is 0.270 e. The Morgan fingerprint density at radius 3 is 2.30 bits per heavy atom. The van der Waals surface area contributed by atoms with Crippen LogP contribution in [0.3, 0.4) is 0 Å². The number of piperidine rings is 3. The van der Waals surface area contributed by atoms with Gasteiger partial charge in [0, 0.05) is 107 Å². The topological polar surface area (TPSA) is 167 Å². The van der Waals surface area contributed by atoms with Crippen LogP contribution in [-0.2, 0) is 29.1 Å². The number of nitrogens with zero attached hydrogens (tertiary/aromatic N) is 7. The number of hydrogen-bond acceptors (Lipinski definition) is 11. The van der Waals surface area contributed by atoms with E-state index in [-0.39, 0.29) is 41.7 Å². The number of nitrogens with one attached hydrogen (secondary N) is 3. The van der Waals surface area contributed by atoms with Crippen molar-refractivity contribution < 1.29 is 19.2 Å². The predicted octanol–water partition coefficient (Wildman–Crippen LogP) is 3.07. The molecule has 15 nitrogen and oxygen atoms in total. The van der Waals surface area contributed by atoms with Gasteiger partial charge >= 0.3 is 0 Å². The molecule has 4 amide bonds. The van der Waals surface area contributed by atoms with Gasteiger partial charge in [-0.2, -0.15) is 0 Å². The van der Waals surface area contributed by atoms with E-state index in [2.05, 4.69) is 51.3 Å². The number of likely N-dealkylation sites (tertiary alicyclic amines) is 1. The molecule has 3 N–H and O–H groups in total. The minimum atomic E-state index is -0.601. The fourth-order valence-electron chi connectivity index (χ4n) is 9.66. The Hall–Kier alpha value is -5.67. The molecule has 5 aliphatic heterocycles. The predicted molar refractivity (Wildman–Crippen MR) is 228 cm³/mol. The largest absolute Gasteiger partial charge is 0.372 e. The average Bonchev–Trinajstić information content (AvgIpc) is 3.59. The molecule has 60 heavy (non-hydrogen) atoms. The highest BCUT2D eigenvalue weighted by molar-refractivity contribution is 6.05. The number of amides is 4. The van der Waals surface area contributed by atoms with E-state index >= 15 is 0 Å². The Morgan fingerprint density at radius 1 is 0.800 bits per heavy atom. The Morgan fingerprint density at radius 2 is 1.57 bits per heavy atom. The van der Waals surface area contributed by atoms with Crippen LogP contribution < -0.4 is 26.0 Å². The van der Waals surface area contributed by atoms with Crippen molar-refractivity contribution in [2.75, 3.05) is 68.7 Å². The first-order valence-electron chi connectivity index (χ1n) is 21.7. The fourth-order valence-corrected chi connectivity index (χ4v) is 9.66. The van der Waals surface area contributed by atoms with Crippen LogP contribution in [0.15, 0.2) is 59.7 Å². The highest BCUT2D eigenvalue weighted by atomic mass is 16.2. The van der Waals surface area contributed by atoms with Crippen LogP contribution in [0.2, 0.25) is 0 Å². The van der Waals surface area contributed by atoms with Gasteiger partial charge in [0.1, 0.15) is 11.7 Å². The van der Waals surface area contributed by atoms with Crippen molar-refractivity contribution in [2.45, 2.75) is 77.0 Å². The zero-order valence-corrected chi connectivity index (χ0v) is 34.3. The first kappa shape index (κ1) is 39.8. The van der Waals surface area contributed by atoms with Gasteiger partial charge in [0.2, 0.25) is 11.8 Å². The van der Waals surface area contributed by atoms with E-state index < -0.39 is 6.04 Å². The SMILES string of the molecule is CCc1cc2ncc(CN3CCN(c4ccc(C(=O)NC5CCN(CC6CCN(c7ccc8c(c7)CN(C7CCC(=O)NC7=O)C8=O)CC6)CC5)nc4)CC3)cc2[nH]c1=O. The molecule has 4 aromatic rings. The molecule has 15 heteroatoms. The molecule has 4 fully saturated rings. The van der Waals surface area contributed by atoms with Crippen LogP contribution >= 0.6 is 0 Å². The summed E-state index contributed by atoms with van der Waals surface area (Å²) in [5, 5.41) is 5.61. The molecule has 3 aromatic heterocycles. The van der Waals surface area contributed by atoms with Crippen molar-refractivity contribution in [1.82, 2.24) is 40.3 Å². The third kappa shape index (κ3) is 8.50. The number of piperazine rings is 1. The molecule has 8 heterocycles. The standard InChI is InChI=1S/C45H54N10O5/c1-2-31-23-38-39(49-42(31)57)21-30(24-46-38)27-52-17-19-54(20-18-52)35-4-6-37(47-25-35)43(58)48-33-11-13-51(14-12-33)26-29-9-15-53(16-10-29)34-3-5-36-32(22-34)28-55(45(36)60)40-7-8-41(56)50-44(40)59/h3-6,21-25,29,33,40H,2,7-20,26-28H2,1H3,(H,48,58)(H,49,57)(H,50,56,59). The average molecular weight is 815 g/mol. The van der Waals surface area contributed by atoms with Crippen LogP contribution in [0, 0.1) is 5.92 Å². The van der Waals surface area contributed by atoms with E-state index in [0.29, 0.717) is 36.6 Å². The number of aromatic nitrogens is 3. The molecule has 314 valence electrons. The molecule has 0 saturated carbocycles. The molecule has 9 rings (SSSR count). The van der Waals surface area contributed by atoms with Crippen molar-refractivity contribution in [1.29, 1.82) is 0 Å². The van der Waals surface area contributed by atoms with E-state index in [0.717, 1.165) is 130 Å². The van der Waals surface area contributed by atoms with Crippen LogP contribution in [-0.4, -0.2) is 124 Å². The van der Waals surface area contributed by atoms with E-state index in [9.17, 15) is 24.0 Å². The molecule has 1 aromatic carbocycles. The molecule has 1 atom stereocenters. The van der Waals surface area contributed by atoms with E-state index in [1.54, 1.807) is 4.90 Å². The summed E-state index contributed by atoms with van der Waals surface area (Å²) in [5.41, 5.74) is 7.54. The Balaban J connectivity index is 0.684. The first-order chi connectivity index (χ1) is 29.2. The summed E-state index contributed by atoms with van der Waals surface area (Å²) in [5.74, 6) is -0.307. The number of hydrogen-bond donors (Lipinski definition) is 3. The fraction of sp³-hybridized carbons (Fsp3) is 0.489. The molecular weight excluding hydrogens is 761 g/mol. The maximum absolute atomic E-state index is 13.2. The third-order valence-corrected chi connectivity index (χ3v) is 13.3. The lowest BCUT2D eigenvalue weighted by Gasteiger charge is -2.38. The molecular formula is C45H54N10O5. The first-order valence-corrected chi connectivity index (χ1v) is 21.7. The molecule has 0 bridgehead atoms. The lowest BCUT2D eigenvalue weighted by molar-refractivity contribution is -0.136. The molecule has 4 saturated heterocycles. The van der Waals surface area contributed by atoms with Crippen molar-refractivity contribution in [3.05, 3.63) is 93.2 Å². The van der Waals surface area contributed by atoms with Gasteiger partial charge in [-0.05, 0) is 98.0 Å². The van der Waals surface area contributed by atoms with Crippen LogP contribution in [0.25, 0.3) is 11.0 Å². The van der Waals surface area contributed by atoms with Gasteiger partial charge in [-0.3, -0.25) is 39.2 Å². The number of aryl methyl sites for hydroxylation is 1. The van der Waals surface area contributed by atoms with Crippen LogP contribution in [0.4, 0.5) is 11.4 Å². The Bertz CT molecular complexity index is 2330. The minimum Gasteiger partial charge on any atom is -0.372 e. The number of rotatable bonds is 10. The monoisotopic (exact) mass is 814 g/mol.